The van der Waals surface area contributed by atoms with Gasteiger partial charge in [0.25, 0.3) is 0 Å². The van der Waals surface area contributed by atoms with Crippen LogP contribution in [0.2, 0.25) is 0 Å². The molecule has 1 aromatic rings. The van der Waals surface area contributed by atoms with Crippen molar-refractivity contribution in [1.82, 2.24) is 0 Å². The highest BCUT2D eigenvalue weighted by Crippen LogP contribution is 2.11. The van der Waals surface area contributed by atoms with E-state index in [1.165, 1.54) is 0 Å². The molecule has 0 atom stereocenters. The van der Waals surface area contributed by atoms with Crippen molar-refractivity contribution in [1.29, 1.82) is 0 Å². The highest BCUT2D eigenvalue weighted by Gasteiger charge is 2.11. The summed E-state index contributed by atoms with van der Waals surface area (Å²) in [5.74, 6) is -0.363. The van der Waals surface area contributed by atoms with Crippen LogP contribution >= 0.6 is 0 Å². The van der Waals surface area contributed by atoms with Gasteiger partial charge >= 0.3 is 5.97 Å². The number of esters is 1. The van der Waals surface area contributed by atoms with E-state index in [2.05, 4.69) is 0 Å². The average molecular weight is 248 g/mol. The predicted octanol–water partition coefficient (Wildman–Crippen LogP) is 2.44. The summed E-state index contributed by atoms with van der Waals surface area (Å²) in [5, 5.41) is 0. The molecule has 18 heavy (non-hydrogen) atoms. The van der Waals surface area contributed by atoms with E-state index in [9.17, 15) is 9.59 Å². The quantitative estimate of drug-likeness (QED) is 0.336. The lowest BCUT2D eigenvalue weighted by Gasteiger charge is -2.07. The van der Waals surface area contributed by atoms with Crippen LogP contribution in [0, 0.1) is 0 Å². The molecular weight excluding hydrogens is 232 g/mol. The van der Waals surface area contributed by atoms with Crippen LogP contribution in [0.1, 0.15) is 29.8 Å². The zero-order valence-corrected chi connectivity index (χ0v) is 10.5. The largest absolute Gasteiger partial charge is 0.487 e. The molecule has 0 heterocycles. The van der Waals surface area contributed by atoms with Gasteiger partial charge < -0.3 is 9.47 Å². The maximum absolute atomic E-state index is 11.6. The van der Waals surface area contributed by atoms with Crippen LogP contribution in [0.3, 0.4) is 0 Å². The first-order valence-corrected chi connectivity index (χ1v) is 5.78. The lowest BCUT2D eigenvalue weighted by Crippen LogP contribution is -2.10. The maximum Gasteiger partial charge on any atom is 0.373 e. The Morgan fingerprint density at radius 3 is 2.44 bits per heavy atom. The van der Waals surface area contributed by atoms with Crippen molar-refractivity contribution in [3.8, 4) is 0 Å². The Hall–Kier alpha value is -2.10. The number of carbonyl (C=O) groups is 2. The summed E-state index contributed by atoms with van der Waals surface area (Å²) < 4.78 is 10.1. The molecule has 96 valence electrons. The molecule has 0 aliphatic rings. The van der Waals surface area contributed by atoms with Crippen molar-refractivity contribution in [2.45, 2.75) is 13.8 Å². The van der Waals surface area contributed by atoms with E-state index in [1.54, 1.807) is 44.2 Å². The van der Waals surface area contributed by atoms with Gasteiger partial charge in [0.15, 0.2) is 0 Å². The Morgan fingerprint density at radius 2 is 1.83 bits per heavy atom. The molecule has 0 N–H and O–H groups in total. The summed E-state index contributed by atoms with van der Waals surface area (Å²) in [4.78, 5) is 22.3. The minimum atomic E-state index is -0.504. The van der Waals surface area contributed by atoms with Crippen LogP contribution in [0.25, 0.3) is 6.08 Å². The first kappa shape index (κ1) is 14.0. The molecule has 0 spiro atoms. The van der Waals surface area contributed by atoms with Gasteiger partial charge in [-0.2, -0.15) is 0 Å². The molecule has 0 aliphatic carbocycles. The Bertz CT molecular complexity index is 449. The van der Waals surface area contributed by atoms with Crippen LogP contribution in [0.4, 0.5) is 0 Å². The number of carbonyl (C=O) groups excluding carboxylic acids is 2. The second-order valence-electron chi connectivity index (χ2n) is 3.45. The van der Waals surface area contributed by atoms with Gasteiger partial charge in [-0.3, -0.25) is 4.79 Å². The number of rotatable bonds is 6. The zero-order valence-electron chi connectivity index (χ0n) is 10.5. The van der Waals surface area contributed by atoms with Crippen molar-refractivity contribution in [2.24, 2.45) is 0 Å². The third-order valence-corrected chi connectivity index (χ3v) is 2.12. The number of hydrogen-bond donors (Lipinski definition) is 0. The van der Waals surface area contributed by atoms with Gasteiger partial charge in [0.05, 0.1) is 13.2 Å². The van der Waals surface area contributed by atoms with Crippen LogP contribution in [0.5, 0.6) is 0 Å². The molecule has 0 radical (unpaired) electrons. The fraction of sp³-hybridized carbons (Fsp3) is 0.286. The standard InChI is InChI=1S/C14H16O4/c1-3-17-13(14(16)18-4-2)9-11-6-5-7-12(8-11)10-15/h5-10H,3-4H2,1-2H3/b13-9-. The van der Waals surface area contributed by atoms with Gasteiger partial charge in [-0.1, -0.05) is 18.2 Å². The van der Waals surface area contributed by atoms with Crippen LogP contribution < -0.4 is 0 Å². The van der Waals surface area contributed by atoms with Gasteiger partial charge in [0, 0.05) is 5.56 Å². The number of aldehydes is 1. The number of ether oxygens (including phenoxy) is 2. The lowest BCUT2D eigenvalue weighted by atomic mass is 10.1. The smallest absolute Gasteiger partial charge is 0.373 e. The highest BCUT2D eigenvalue weighted by molar-refractivity contribution is 5.91. The summed E-state index contributed by atoms with van der Waals surface area (Å²) >= 11 is 0. The molecule has 0 aliphatic heterocycles. The van der Waals surface area contributed by atoms with E-state index in [0.29, 0.717) is 12.2 Å². The Kier molecular flexibility index (Phi) is 5.64. The van der Waals surface area contributed by atoms with Crippen LogP contribution in [-0.2, 0) is 14.3 Å². The molecule has 0 amide bonds. The van der Waals surface area contributed by atoms with E-state index in [-0.39, 0.29) is 12.4 Å². The van der Waals surface area contributed by atoms with Gasteiger partial charge in [-0.25, -0.2) is 4.79 Å². The first-order valence-electron chi connectivity index (χ1n) is 5.78. The van der Waals surface area contributed by atoms with Gasteiger partial charge in [0.2, 0.25) is 5.76 Å². The molecule has 4 heteroatoms. The summed E-state index contributed by atoms with van der Waals surface area (Å²) in [6, 6.07) is 6.88. The molecule has 1 aromatic carbocycles. The molecule has 1 rings (SSSR count). The fourth-order valence-electron chi connectivity index (χ4n) is 1.39. The normalized spacial score (nSPS) is 10.9. The molecule has 0 saturated carbocycles. The van der Waals surface area contributed by atoms with E-state index in [4.69, 9.17) is 9.47 Å². The Balaban J connectivity index is 2.99. The monoisotopic (exact) mass is 248 g/mol. The maximum atomic E-state index is 11.6. The summed E-state index contributed by atoms with van der Waals surface area (Å²) in [6.07, 6.45) is 2.32. The third-order valence-electron chi connectivity index (χ3n) is 2.12. The van der Waals surface area contributed by atoms with Crippen molar-refractivity contribution >= 4 is 18.3 Å². The topological polar surface area (TPSA) is 52.6 Å². The number of benzene rings is 1. The Labute approximate surface area is 106 Å². The van der Waals surface area contributed by atoms with Gasteiger partial charge in [-0.05, 0) is 31.6 Å². The average Bonchev–Trinajstić information content (AvgIpc) is 2.39. The molecular formula is C14H16O4. The minimum Gasteiger partial charge on any atom is -0.487 e. The summed E-state index contributed by atoms with van der Waals surface area (Å²) in [5.41, 5.74) is 1.26. The molecule has 0 fully saturated rings. The fourth-order valence-corrected chi connectivity index (χ4v) is 1.39. The second-order valence-corrected chi connectivity index (χ2v) is 3.45. The minimum absolute atomic E-state index is 0.141. The van der Waals surface area contributed by atoms with Crippen molar-refractivity contribution in [2.75, 3.05) is 13.2 Å². The van der Waals surface area contributed by atoms with E-state index < -0.39 is 5.97 Å². The van der Waals surface area contributed by atoms with Gasteiger partial charge in [-0.15, -0.1) is 0 Å². The van der Waals surface area contributed by atoms with Crippen LogP contribution in [-0.4, -0.2) is 25.5 Å². The van der Waals surface area contributed by atoms with Crippen molar-refractivity contribution < 1.29 is 19.1 Å². The SMILES string of the molecule is CCOC(=O)/C(=C/c1cccc(C=O)c1)OCC. The van der Waals surface area contributed by atoms with E-state index >= 15 is 0 Å². The molecule has 0 aromatic heterocycles. The zero-order chi connectivity index (χ0) is 13.4. The van der Waals surface area contributed by atoms with Crippen molar-refractivity contribution in [3.63, 3.8) is 0 Å². The molecule has 0 bridgehead atoms. The summed E-state index contributed by atoms with van der Waals surface area (Å²) in [6.45, 7) is 4.18. The lowest BCUT2D eigenvalue weighted by molar-refractivity contribution is -0.142. The summed E-state index contributed by atoms with van der Waals surface area (Å²) in [7, 11) is 0. The number of hydrogen-bond acceptors (Lipinski definition) is 4. The van der Waals surface area contributed by atoms with Crippen molar-refractivity contribution in [3.05, 3.63) is 41.2 Å². The third kappa shape index (κ3) is 4.05. The van der Waals surface area contributed by atoms with Crippen LogP contribution in [0.15, 0.2) is 30.0 Å². The first-order chi connectivity index (χ1) is 8.71. The van der Waals surface area contributed by atoms with E-state index in [1.807, 2.05) is 0 Å². The van der Waals surface area contributed by atoms with Gasteiger partial charge in [0.1, 0.15) is 6.29 Å². The molecule has 4 nitrogen and oxygen atoms in total. The predicted molar refractivity (Wildman–Crippen MR) is 68.1 cm³/mol. The van der Waals surface area contributed by atoms with E-state index in [0.717, 1.165) is 11.8 Å². The molecule has 0 saturated heterocycles. The highest BCUT2D eigenvalue weighted by atomic mass is 16.6. The Morgan fingerprint density at radius 1 is 1.17 bits per heavy atom. The molecule has 0 unspecified atom stereocenters. The second kappa shape index (κ2) is 7.27.